The zero-order valence-corrected chi connectivity index (χ0v) is 9.15. The summed E-state index contributed by atoms with van der Waals surface area (Å²) in [5.74, 6) is 0.262. The van der Waals surface area contributed by atoms with Crippen LogP contribution in [0.5, 0.6) is 0 Å². The molecule has 0 fully saturated rings. The highest BCUT2D eigenvalue weighted by Crippen LogP contribution is 2.24. The molecule has 0 aliphatic heterocycles. The van der Waals surface area contributed by atoms with Crippen molar-refractivity contribution in [1.82, 2.24) is 0 Å². The van der Waals surface area contributed by atoms with E-state index in [-0.39, 0.29) is 5.92 Å². The summed E-state index contributed by atoms with van der Waals surface area (Å²) in [6.45, 7) is 3.99. The highest BCUT2D eigenvalue weighted by molar-refractivity contribution is 7.17. The maximum Gasteiger partial charge on any atom is 0.146 e. The molecule has 0 bridgehead atoms. The lowest BCUT2D eigenvalue weighted by Crippen LogP contribution is -1.93. The number of hydrogen-bond acceptors (Lipinski definition) is 2. The van der Waals surface area contributed by atoms with Crippen molar-refractivity contribution in [3.63, 3.8) is 0 Å². The molecule has 13 heavy (non-hydrogen) atoms. The van der Waals surface area contributed by atoms with E-state index in [4.69, 9.17) is 11.6 Å². The molecule has 0 radical (unpaired) electrons. The Bertz CT molecular complexity index is 325. The third-order valence-electron chi connectivity index (χ3n) is 1.71. The standard InChI is InChI=1S/C10H11ClOS/c1-7(2)8(6-12)5-9-3-4-10(11)13-9/h3-7H,1-2H3. The van der Waals surface area contributed by atoms with Gasteiger partial charge in [0.15, 0.2) is 0 Å². The first-order chi connectivity index (χ1) is 6.13. The molecule has 0 N–H and O–H groups in total. The smallest absolute Gasteiger partial charge is 0.146 e. The van der Waals surface area contributed by atoms with Crippen LogP contribution in [0.4, 0.5) is 0 Å². The van der Waals surface area contributed by atoms with Crippen LogP contribution in [-0.4, -0.2) is 6.29 Å². The summed E-state index contributed by atoms with van der Waals surface area (Å²) in [4.78, 5) is 11.7. The molecule has 70 valence electrons. The van der Waals surface area contributed by atoms with Gasteiger partial charge in [-0.1, -0.05) is 25.4 Å². The SMILES string of the molecule is CC(C)C(C=O)=Cc1ccc(Cl)s1. The second-order valence-corrected chi connectivity index (χ2v) is 4.81. The second-order valence-electron chi connectivity index (χ2n) is 3.06. The number of aldehydes is 1. The molecule has 0 aliphatic carbocycles. The predicted molar refractivity (Wildman–Crippen MR) is 58.2 cm³/mol. The van der Waals surface area contributed by atoms with Crippen LogP contribution in [0.2, 0.25) is 4.34 Å². The van der Waals surface area contributed by atoms with E-state index in [1.54, 1.807) is 0 Å². The van der Waals surface area contributed by atoms with E-state index in [1.165, 1.54) is 11.3 Å². The van der Waals surface area contributed by atoms with Crippen LogP contribution >= 0.6 is 22.9 Å². The zero-order valence-electron chi connectivity index (χ0n) is 7.58. The fourth-order valence-electron chi connectivity index (χ4n) is 0.907. The molecular weight excluding hydrogens is 204 g/mol. The summed E-state index contributed by atoms with van der Waals surface area (Å²) in [7, 11) is 0. The number of carbonyl (C=O) groups is 1. The van der Waals surface area contributed by atoms with Gasteiger partial charge in [0.1, 0.15) is 6.29 Å². The average Bonchev–Trinajstić information content (AvgIpc) is 2.46. The fourth-order valence-corrected chi connectivity index (χ4v) is 1.93. The van der Waals surface area contributed by atoms with Gasteiger partial charge in [0.25, 0.3) is 0 Å². The molecule has 1 rings (SSSR count). The van der Waals surface area contributed by atoms with Gasteiger partial charge in [-0.3, -0.25) is 4.79 Å². The first kappa shape index (κ1) is 10.5. The highest BCUT2D eigenvalue weighted by atomic mass is 35.5. The average molecular weight is 215 g/mol. The minimum atomic E-state index is 0.262. The Balaban J connectivity index is 2.91. The van der Waals surface area contributed by atoms with Crippen molar-refractivity contribution in [2.75, 3.05) is 0 Å². The van der Waals surface area contributed by atoms with Crippen LogP contribution in [0.25, 0.3) is 6.08 Å². The molecule has 1 aromatic rings. The topological polar surface area (TPSA) is 17.1 Å². The normalized spacial score (nSPS) is 12.2. The molecule has 0 saturated heterocycles. The molecule has 0 aromatic carbocycles. The number of hydrogen-bond donors (Lipinski definition) is 0. The number of halogens is 1. The van der Waals surface area contributed by atoms with Crippen LogP contribution in [0, 0.1) is 5.92 Å². The predicted octanol–water partition coefficient (Wildman–Crippen LogP) is 3.64. The fraction of sp³-hybridized carbons (Fsp3) is 0.300. The van der Waals surface area contributed by atoms with E-state index in [0.717, 1.165) is 21.1 Å². The molecule has 0 unspecified atom stereocenters. The van der Waals surface area contributed by atoms with Gasteiger partial charge in [0.05, 0.1) is 4.34 Å². The Morgan fingerprint density at radius 3 is 2.62 bits per heavy atom. The van der Waals surface area contributed by atoms with Crippen molar-refractivity contribution >= 4 is 35.3 Å². The molecule has 0 amide bonds. The number of thiophene rings is 1. The Kier molecular flexibility index (Phi) is 3.70. The van der Waals surface area contributed by atoms with Crippen molar-refractivity contribution in [2.24, 2.45) is 5.92 Å². The quantitative estimate of drug-likeness (QED) is 0.555. The first-order valence-corrected chi connectivity index (χ1v) is 5.25. The highest BCUT2D eigenvalue weighted by Gasteiger charge is 2.02. The molecule has 1 aromatic heterocycles. The molecule has 1 nitrogen and oxygen atoms in total. The Morgan fingerprint density at radius 2 is 2.23 bits per heavy atom. The molecule has 1 heterocycles. The summed E-state index contributed by atoms with van der Waals surface area (Å²) in [5.41, 5.74) is 0.804. The van der Waals surface area contributed by atoms with E-state index in [9.17, 15) is 4.79 Å². The van der Waals surface area contributed by atoms with Gasteiger partial charge in [-0.15, -0.1) is 11.3 Å². The molecular formula is C10H11ClOS. The lowest BCUT2D eigenvalue weighted by Gasteiger charge is -2.01. The number of allylic oxidation sites excluding steroid dienone is 1. The Morgan fingerprint density at radius 1 is 1.54 bits per heavy atom. The minimum Gasteiger partial charge on any atom is -0.298 e. The van der Waals surface area contributed by atoms with E-state index in [2.05, 4.69) is 0 Å². The third kappa shape index (κ3) is 2.98. The Labute approximate surface area is 87.0 Å². The molecule has 0 aliphatic rings. The van der Waals surface area contributed by atoms with Gasteiger partial charge in [0, 0.05) is 4.88 Å². The number of rotatable bonds is 3. The van der Waals surface area contributed by atoms with Gasteiger partial charge in [-0.2, -0.15) is 0 Å². The maximum atomic E-state index is 10.7. The summed E-state index contributed by atoms with van der Waals surface area (Å²) in [5, 5.41) is 0. The van der Waals surface area contributed by atoms with Crippen LogP contribution in [-0.2, 0) is 4.79 Å². The van der Waals surface area contributed by atoms with Crippen molar-refractivity contribution in [1.29, 1.82) is 0 Å². The lowest BCUT2D eigenvalue weighted by atomic mass is 10.0. The van der Waals surface area contributed by atoms with Crippen molar-refractivity contribution in [2.45, 2.75) is 13.8 Å². The van der Waals surface area contributed by atoms with Gasteiger partial charge in [0.2, 0.25) is 0 Å². The minimum absolute atomic E-state index is 0.262. The molecule has 0 spiro atoms. The zero-order chi connectivity index (χ0) is 9.84. The largest absolute Gasteiger partial charge is 0.298 e. The lowest BCUT2D eigenvalue weighted by molar-refractivity contribution is -0.105. The van der Waals surface area contributed by atoms with Crippen LogP contribution in [0.1, 0.15) is 18.7 Å². The third-order valence-corrected chi connectivity index (χ3v) is 2.88. The van der Waals surface area contributed by atoms with E-state index in [0.29, 0.717) is 0 Å². The van der Waals surface area contributed by atoms with Gasteiger partial charge < -0.3 is 0 Å². The maximum absolute atomic E-state index is 10.7. The monoisotopic (exact) mass is 214 g/mol. The summed E-state index contributed by atoms with van der Waals surface area (Å²) in [6, 6.07) is 3.75. The van der Waals surface area contributed by atoms with Crippen LogP contribution < -0.4 is 0 Å². The van der Waals surface area contributed by atoms with E-state index >= 15 is 0 Å². The van der Waals surface area contributed by atoms with Crippen molar-refractivity contribution in [3.8, 4) is 0 Å². The second kappa shape index (κ2) is 4.58. The first-order valence-electron chi connectivity index (χ1n) is 4.05. The molecule has 0 atom stereocenters. The van der Waals surface area contributed by atoms with E-state index in [1.807, 2.05) is 32.1 Å². The van der Waals surface area contributed by atoms with Crippen molar-refractivity contribution in [3.05, 3.63) is 26.9 Å². The number of carbonyl (C=O) groups excluding carboxylic acids is 1. The van der Waals surface area contributed by atoms with Crippen LogP contribution in [0.15, 0.2) is 17.7 Å². The van der Waals surface area contributed by atoms with E-state index < -0.39 is 0 Å². The van der Waals surface area contributed by atoms with Crippen molar-refractivity contribution < 1.29 is 4.79 Å². The summed E-state index contributed by atoms with van der Waals surface area (Å²) in [6.07, 6.45) is 2.78. The van der Waals surface area contributed by atoms with Gasteiger partial charge >= 0.3 is 0 Å². The summed E-state index contributed by atoms with van der Waals surface area (Å²) < 4.78 is 0.750. The summed E-state index contributed by atoms with van der Waals surface area (Å²) >= 11 is 7.25. The van der Waals surface area contributed by atoms with Gasteiger partial charge in [-0.05, 0) is 29.7 Å². The van der Waals surface area contributed by atoms with Crippen LogP contribution in [0.3, 0.4) is 0 Å². The molecule has 0 saturated carbocycles. The van der Waals surface area contributed by atoms with Gasteiger partial charge in [-0.25, -0.2) is 0 Å². The molecule has 3 heteroatoms. The Hall–Kier alpha value is -0.600.